The molecule has 1 fully saturated rings. The lowest BCUT2D eigenvalue weighted by Crippen LogP contribution is -2.39. The topological polar surface area (TPSA) is 74.6 Å². The van der Waals surface area contributed by atoms with Crippen LogP contribution in [0.4, 0.5) is 15.8 Å². The second kappa shape index (κ2) is 6.06. The van der Waals surface area contributed by atoms with Gasteiger partial charge >= 0.3 is 0 Å². The highest BCUT2D eigenvalue weighted by Crippen LogP contribution is 2.36. The molecule has 2 aliphatic rings. The molecule has 132 valence electrons. The molecular weight excluding hydrogens is 363 g/mol. The van der Waals surface area contributed by atoms with Gasteiger partial charge in [0.2, 0.25) is 0 Å². The van der Waals surface area contributed by atoms with Gasteiger partial charge in [-0.2, -0.15) is 5.11 Å². The molecule has 4 rings (SSSR count). The van der Waals surface area contributed by atoms with E-state index < -0.39 is 29.7 Å². The summed E-state index contributed by atoms with van der Waals surface area (Å²) in [4.78, 5) is 26.7. The van der Waals surface area contributed by atoms with Gasteiger partial charge in [0.1, 0.15) is 11.6 Å². The van der Waals surface area contributed by atoms with Crippen molar-refractivity contribution in [2.45, 2.75) is 12.1 Å². The lowest BCUT2D eigenvalue weighted by Gasteiger charge is -2.21. The molecule has 0 unspecified atom stereocenters. The number of hydrogen-bond acceptors (Lipinski definition) is 6. The number of amides is 2. The monoisotopic (exact) mass is 374 g/mol. The Kier molecular flexibility index (Phi) is 3.84. The molecule has 2 heterocycles. The summed E-state index contributed by atoms with van der Waals surface area (Å²) in [5.41, 5.74) is 0.766. The third-order valence-electron chi connectivity index (χ3n) is 4.26. The Morgan fingerprint density at radius 1 is 1.12 bits per heavy atom. The Morgan fingerprint density at radius 3 is 2.65 bits per heavy atom. The van der Waals surface area contributed by atoms with Crippen molar-refractivity contribution in [3.63, 3.8) is 0 Å². The molecule has 0 saturated carbocycles. The zero-order valence-electron chi connectivity index (χ0n) is 13.5. The van der Waals surface area contributed by atoms with Crippen molar-refractivity contribution in [3.8, 4) is 5.75 Å². The van der Waals surface area contributed by atoms with Gasteiger partial charge in [-0.3, -0.25) is 9.59 Å². The van der Waals surface area contributed by atoms with Gasteiger partial charge in [-0.1, -0.05) is 22.9 Å². The van der Waals surface area contributed by atoms with Crippen LogP contribution < -0.4 is 14.6 Å². The number of anilines is 2. The highest BCUT2D eigenvalue weighted by molar-refractivity contribution is 6.31. The van der Waals surface area contributed by atoms with Crippen molar-refractivity contribution in [1.82, 2.24) is 0 Å². The molecule has 0 spiro atoms. The molecular formula is C17H12ClFN4O3. The van der Waals surface area contributed by atoms with E-state index in [1.807, 2.05) is 0 Å². The highest BCUT2D eigenvalue weighted by Gasteiger charge is 2.55. The van der Waals surface area contributed by atoms with Gasteiger partial charge in [0.15, 0.2) is 12.1 Å². The van der Waals surface area contributed by atoms with Gasteiger partial charge < -0.3 is 4.74 Å². The SMILES string of the molecule is COc1cccc(N2C(=O)[C@H]3N=NN(c4ccc(F)c(Cl)c4)[C@H]3C2=O)c1. The number of hydrogen-bond donors (Lipinski definition) is 0. The molecule has 2 aromatic carbocycles. The van der Waals surface area contributed by atoms with E-state index >= 15 is 0 Å². The summed E-state index contributed by atoms with van der Waals surface area (Å²) in [7, 11) is 1.50. The molecule has 0 bridgehead atoms. The molecule has 2 amide bonds. The van der Waals surface area contributed by atoms with Crippen molar-refractivity contribution in [3.05, 3.63) is 53.3 Å². The smallest absolute Gasteiger partial charge is 0.263 e. The fraction of sp³-hybridized carbons (Fsp3) is 0.176. The summed E-state index contributed by atoms with van der Waals surface area (Å²) in [6.07, 6.45) is 0. The minimum Gasteiger partial charge on any atom is -0.497 e. The van der Waals surface area contributed by atoms with Crippen molar-refractivity contribution in [2.75, 3.05) is 17.0 Å². The zero-order valence-corrected chi connectivity index (χ0v) is 14.2. The number of benzene rings is 2. The first kappa shape index (κ1) is 16.5. The second-order valence-electron chi connectivity index (χ2n) is 5.75. The van der Waals surface area contributed by atoms with Crippen LogP contribution in [0.2, 0.25) is 5.02 Å². The molecule has 7 nitrogen and oxygen atoms in total. The summed E-state index contributed by atoms with van der Waals surface area (Å²) in [6.45, 7) is 0. The Labute approximate surface area is 152 Å². The number of nitrogens with zero attached hydrogens (tertiary/aromatic N) is 4. The van der Waals surface area contributed by atoms with E-state index in [-0.39, 0.29) is 5.02 Å². The van der Waals surface area contributed by atoms with Gasteiger partial charge in [-0.15, -0.1) is 0 Å². The third-order valence-corrected chi connectivity index (χ3v) is 4.55. The van der Waals surface area contributed by atoms with Gasteiger partial charge in [-0.25, -0.2) is 14.3 Å². The van der Waals surface area contributed by atoms with E-state index in [9.17, 15) is 14.0 Å². The molecule has 26 heavy (non-hydrogen) atoms. The van der Waals surface area contributed by atoms with Gasteiger partial charge in [0.05, 0.1) is 23.5 Å². The van der Waals surface area contributed by atoms with Gasteiger partial charge in [-0.05, 0) is 30.3 Å². The van der Waals surface area contributed by atoms with Crippen LogP contribution in [0.15, 0.2) is 52.8 Å². The summed E-state index contributed by atoms with van der Waals surface area (Å²) in [5, 5.41) is 9.02. The van der Waals surface area contributed by atoms with Gasteiger partial charge in [0.25, 0.3) is 11.8 Å². The summed E-state index contributed by atoms with van der Waals surface area (Å²) >= 11 is 5.81. The minimum absolute atomic E-state index is 0.109. The lowest BCUT2D eigenvalue weighted by molar-refractivity contribution is -0.121. The number of carbonyl (C=O) groups is 2. The predicted molar refractivity (Wildman–Crippen MR) is 91.8 cm³/mol. The average Bonchev–Trinajstić information content (AvgIpc) is 3.18. The normalized spacial score (nSPS) is 21.5. The number of rotatable bonds is 3. The van der Waals surface area contributed by atoms with Crippen molar-refractivity contribution >= 4 is 34.8 Å². The van der Waals surface area contributed by atoms with Crippen molar-refractivity contribution < 1.29 is 18.7 Å². The molecule has 0 aromatic heterocycles. The molecule has 0 aliphatic carbocycles. The van der Waals surface area contributed by atoms with Crippen LogP contribution in [0.3, 0.4) is 0 Å². The molecule has 0 radical (unpaired) electrons. The van der Waals surface area contributed by atoms with E-state index in [2.05, 4.69) is 10.3 Å². The van der Waals surface area contributed by atoms with Crippen molar-refractivity contribution in [2.24, 2.45) is 10.3 Å². The lowest BCUT2D eigenvalue weighted by atomic mass is 10.1. The Balaban J connectivity index is 1.70. The molecule has 2 aromatic rings. The molecule has 0 N–H and O–H groups in total. The van der Waals surface area contributed by atoms with E-state index in [1.54, 1.807) is 24.3 Å². The maximum Gasteiger partial charge on any atom is 0.263 e. The Bertz CT molecular complexity index is 951. The van der Waals surface area contributed by atoms with Crippen LogP contribution in [-0.4, -0.2) is 31.0 Å². The average molecular weight is 375 g/mol. The summed E-state index contributed by atoms with van der Waals surface area (Å²) in [6, 6.07) is 8.65. The number of fused-ring (bicyclic) bond motifs is 1. The van der Waals surface area contributed by atoms with Gasteiger partial charge in [0, 0.05) is 6.07 Å². The molecule has 2 atom stereocenters. The highest BCUT2D eigenvalue weighted by atomic mass is 35.5. The number of methoxy groups -OCH3 is 1. The van der Waals surface area contributed by atoms with Crippen LogP contribution >= 0.6 is 11.6 Å². The molecule has 1 saturated heterocycles. The van der Waals surface area contributed by atoms with Crippen molar-refractivity contribution in [1.29, 1.82) is 0 Å². The fourth-order valence-electron chi connectivity index (χ4n) is 3.00. The quantitative estimate of drug-likeness (QED) is 0.774. The first-order valence-electron chi connectivity index (χ1n) is 7.68. The first-order valence-corrected chi connectivity index (χ1v) is 8.06. The molecule has 2 aliphatic heterocycles. The first-order chi connectivity index (χ1) is 12.5. The fourth-order valence-corrected chi connectivity index (χ4v) is 3.18. The predicted octanol–water partition coefficient (Wildman–Crippen LogP) is 2.99. The van der Waals surface area contributed by atoms with Crippen LogP contribution in [0.1, 0.15) is 0 Å². The Morgan fingerprint density at radius 2 is 1.92 bits per heavy atom. The number of ether oxygens (including phenoxy) is 1. The minimum atomic E-state index is -0.961. The number of carbonyl (C=O) groups excluding carboxylic acids is 2. The van der Waals surface area contributed by atoms with E-state index in [1.165, 1.54) is 30.3 Å². The number of imide groups is 1. The summed E-state index contributed by atoms with van der Waals surface area (Å²) < 4.78 is 18.5. The maximum absolute atomic E-state index is 13.4. The van der Waals surface area contributed by atoms with E-state index in [4.69, 9.17) is 16.3 Å². The summed E-state index contributed by atoms with van der Waals surface area (Å²) in [5.74, 6) is -1.02. The van der Waals surface area contributed by atoms with Crippen LogP contribution in [0.5, 0.6) is 5.75 Å². The number of halogens is 2. The largest absolute Gasteiger partial charge is 0.497 e. The van der Waals surface area contributed by atoms with Crippen LogP contribution in [-0.2, 0) is 9.59 Å². The standard InChI is InChI=1S/C17H12ClFN4O3/c1-26-11-4-2-3-9(7-11)22-16(24)14-15(17(22)25)23(21-20-14)10-5-6-13(19)12(18)8-10/h2-8,14-15H,1H3/t14-,15+/m0/s1. The van der Waals surface area contributed by atoms with E-state index in [0.717, 1.165) is 4.90 Å². The second-order valence-corrected chi connectivity index (χ2v) is 6.16. The third kappa shape index (κ3) is 2.41. The van der Waals surface area contributed by atoms with Crippen LogP contribution in [0, 0.1) is 5.82 Å². The maximum atomic E-state index is 13.4. The zero-order chi connectivity index (χ0) is 18.4. The molecule has 9 heteroatoms. The van der Waals surface area contributed by atoms with E-state index in [0.29, 0.717) is 17.1 Å². The Hall–Kier alpha value is -3.00. The van der Waals surface area contributed by atoms with Crippen LogP contribution in [0.25, 0.3) is 0 Å².